The molecular formula is C27H31N3O4. The number of amides is 1. The summed E-state index contributed by atoms with van der Waals surface area (Å²) in [6.45, 7) is 5.49. The van der Waals surface area contributed by atoms with Crippen LogP contribution in [0.25, 0.3) is 5.69 Å². The number of phenolic OH excluding ortho intramolecular Hbond substituents is 1. The Morgan fingerprint density at radius 2 is 1.85 bits per heavy atom. The van der Waals surface area contributed by atoms with E-state index in [0.717, 1.165) is 36.1 Å². The van der Waals surface area contributed by atoms with Gasteiger partial charge < -0.3 is 20.9 Å². The number of benzene rings is 2. The standard InChI is InChI=1S/C27H31N3O4/c1-15-8-13-23(31)16(2)24(15)30-25(28)22(14-21(27(30)33)19-6-5-7-19)26(32)29-17(3)18-9-11-20(34-4)12-10-18/h8-14,17,19,31H,5-7,28H2,1-4H3,(H,29,32). The molecule has 2 aromatic carbocycles. The first kappa shape index (κ1) is 23.4. The molecule has 0 saturated heterocycles. The van der Waals surface area contributed by atoms with Crippen molar-refractivity contribution in [3.05, 3.63) is 80.6 Å². The molecule has 4 N–H and O–H groups in total. The van der Waals surface area contributed by atoms with Crippen molar-refractivity contribution in [3.63, 3.8) is 0 Å². The largest absolute Gasteiger partial charge is 0.508 e. The third-order valence-electron chi connectivity index (χ3n) is 6.85. The van der Waals surface area contributed by atoms with Crippen molar-refractivity contribution in [1.82, 2.24) is 9.88 Å². The number of carbonyl (C=O) groups excluding carboxylic acids is 1. The molecule has 1 aliphatic carbocycles. The van der Waals surface area contributed by atoms with Crippen LogP contribution in [0.1, 0.15) is 70.8 Å². The quantitative estimate of drug-likeness (QED) is 0.501. The maximum Gasteiger partial charge on any atom is 0.260 e. The number of phenols is 1. The molecule has 1 fully saturated rings. The zero-order valence-electron chi connectivity index (χ0n) is 20.0. The minimum Gasteiger partial charge on any atom is -0.508 e. The molecule has 0 bridgehead atoms. The molecule has 34 heavy (non-hydrogen) atoms. The van der Waals surface area contributed by atoms with E-state index in [9.17, 15) is 14.7 Å². The molecule has 1 heterocycles. The predicted octanol–water partition coefficient (Wildman–Crippen LogP) is 4.51. The summed E-state index contributed by atoms with van der Waals surface area (Å²) in [5.74, 6) is 0.610. The Kier molecular flexibility index (Phi) is 6.37. The summed E-state index contributed by atoms with van der Waals surface area (Å²) in [4.78, 5) is 27.0. The van der Waals surface area contributed by atoms with Crippen LogP contribution in [0.2, 0.25) is 0 Å². The number of ether oxygens (including phenoxy) is 1. The third-order valence-corrected chi connectivity index (χ3v) is 6.85. The number of hydrogen-bond donors (Lipinski definition) is 3. The number of aryl methyl sites for hydroxylation is 1. The van der Waals surface area contributed by atoms with Crippen LogP contribution in [0.3, 0.4) is 0 Å². The first-order valence-corrected chi connectivity index (χ1v) is 11.5. The van der Waals surface area contributed by atoms with E-state index < -0.39 is 0 Å². The maximum atomic E-state index is 13.6. The molecule has 0 radical (unpaired) electrons. The van der Waals surface area contributed by atoms with Crippen LogP contribution in [-0.2, 0) is 0 Å². The van der Waals surface area contributed by atoms with Crippen molar-refractivity contribution in [1.29, 1.82) is 0 Å². The third kappa shape index (κ3) is 4.14. The Balaban J connectivity index is 1.80. The van der Waals surface area contributed by atoms with Crippen molar-refractivity contribution in [2.45, 2.75) is 52.0 Å². The number of carbonyl (C=O) groups is 1. The summed E-state index contributed by atoms with van der Waals surface area (Å²) in [5.41, 5.74) is 9.85. The SMILES string of the molecule is COc1ccc(C(C)NC(=O)c2cc(C3CCC3)c(=O)n(-c3c(C)ccc(O)c3C)c2N)cc1. The summed E-state index contributed by atoms with van der Waals surface area (Å²) in [5, 5.41) is 13.3. The van der Waals surface area contributed by atoms with Gasteiger partial charge in [-0.1, -0.05) is 24.6 Å². The minimum atomic E-state index is -0.356. The molecule has 0 spiro atoms. The topological polar surface area (TPSA) is 107 Å². The van der Waals surface area contributed by atoms with Crippen LogP contribution < -0.4 is 21.3 Å². The molecular weight excluding hydrogens is 430 g/mol. The van der Waals surface area contributed by atoms with E-state index in [0.29, 0.717) is 16.8 Å². The predicted molar refractivity (Wildman–Crippen MR) is 133 cm³/mol. The Labute approximate surface area is 199 Å². The van der Waals surface area contributed by atoms with Crippen LogP contribution in [0.4, 0.5) is 5.82 Å². The van der Waals surface area contributed by atoms with E-state index in [-0.39, 0.29) is 40.6 Å². The highest BCUT2D eigenvalue weighted by Gasteiger charge is 2.28. The van der Waals surface area contributed by atoms with Gasteiger partial charge in [0.1, 0.15) is 17.3 Å². The number of aromatic hydroxyl groups is 1. The van der Waals surface area contributed by atoms with E-state index >= 15 is 0 Å². The average Bonchev–Trinajstić information content (AvgIpc) is 2.79. The summed E-state index contributed by atoms with van der Waals surface area (Å²) in [6, 6.07) is 12.2. The Bertz CT molecular complexity index is 1290. The molecule has 7 heteroatoms. The molecule has 1 atom stereocenters. The van der Waals surface area contributed by atoms with Gasteiger partial charge in [0.15, 0.2) is 0 Å². The lowest BCUT2D eigenvalue weighted by Crippen LogP contribution is -2.34. The fraction of sp³-hybridized carbons (Fsp3) is 0.333. The van der Waals surface area contributed by atoms with Gasteiger partial charge in [-0.2, -0.15) is 0 Å². The molecule has 4 rings (SSSR count). The van der Waals surface area contributed by atoms with E-state index in [4.69, 9.17) is 10.5 Å². The van der Waals surface area contributed by atoms with Crippen LogP contribution >= 0.6 is 0 Å². The van der Waals surface area contributed by atoms with Gasteiger partial charge in [-0.05, 0) is 74.9 Å². The first-order chi connectivity index (χ1) is 16.2. The van der Waals surface area contributed by atoms with E-state index in [2.05, 4.69) is 5.32 Å². The first-order valence-electron chi connectivity index (χ1n) is 11.5. The lowest BCUT2D eigenvalue weighted by molar-refractivity contribution is 0.0940. The molecule has 178 valence electrons. The number of anilines is 1. The summed E-state index contributed by atoms with van der Waals surface area (Å²) >= 11 is 0. The molecule has 3 aromatic rings. The Morgan fingerprint density at radius 3 is 2.44 bits per heavy atom. The highest BCUT2D eigenvalue weighted by molar-refractivity contribution is 5.99. The van der Waals surface area contributed by atoms with Crippen LogP contribution in [-0.4, -0.2) is 22.7 Å². The number of hydrogen-bond acceptors (Lipinski definition) is 5. The molecule has 0 aliphatic heterocycles. The van der Waals surface area contributed by atoms with Gasteiger partial charge in [0.05, 0.1) is 24.4 Å². The van der Waals surface area contributed by atoms with Crippen molar-refractivity contribution < 1.29 is 14.6 Å². The number of nitrogen functional groups attached to an aromatic ring is 1. The number of methoxy groups -OCH3 is 1. The Hall–Kier alpha value is -3.74. The van der Waals surface area contributed by atoms with Crippen LogP contribution in [0.15, 0.2) is 47.3 Å². The smallest absolute Gasteiger partial charge is 0.260 e. The van der Waals surface area contributed by atoms with Crippen molar-refractivity contribution >= 4 is 11.7 Å². The van der Waals surface area contributed by atoms with E-state index in [1.165, 1.54) is 4.57 Å². The number of rotatable bonds is 6. The molecule has 1 unspecified atom stereocenters. The second-order valence-corrected chi connectivity index (χ2v) is 9.01. The zero-order valence-corrected chi connectivity index (χ0v) is 20.0. The number of pyridine rings is 1. The van der Waals surface area contributed by atoms with Gasteiger partial charge in [0.2, 0.25) is 0 Å². The second kappa shape index (κ2) is 9.25. The summed E-state index contributed by atoms with van der Waals surface area (Å²) < 4.78 is 6.60. The number of nitrogens with two attached hydrogens (primary N) is 1. The van der Waals surface area contributed by atoms with Gasteiger partial charge in [-0.15, -0.1) is 0 Å². The Morgan fingerprint density at radius 1 is 1.18 bits per heavy atom. The fourth-order valence-corrected chi connectivity index (χ4v) is 4.49. The normalized spacial score (nSPS) is 14.4. The number of aromatic nitrogens is 1. The average molecular weight is 462 g/mol. The van der Waals surface area contributed by atoms with Crippen molar-refractivity contribution in [2.75, 3.05) is 12.8 Å². The van der Waals surface area contributed by atoms with Crippen molar-refractivity contribution in [3.8, 4) is 17.2 Å². The molecule has 1 saturated carbocycles. The maximum absolute atomic E-state index is 13.6. The second-order valence-electron chi connectivity index (χ2n) is 9.01. The van der Waals surface area contributed by atoms with Gasteiger partial charge in [-0.25, -0.2) is 0 Å². The summed E-state index contributed by atoms with van der Waals surface area (Å²) in [6.07, 6.45) is 2.86. The monoisotopic (exact) mass is 461 g/mol. The lowest BCUT2D eigenvalue weighted by atomic mass is 9.80. The highest BCUT2D eigenvalue weighted by Crippen LogP contribution is 2.37. The van der Waals surface area contributed by atoms with Gasteiger partial charge in [-0.3, -0.25) is 14.2 Å². The molecule has 1 aliphatic rings. The number of nitrogens with zero attached hydrogens (tertiary/aromatic N) is 1. The lowest BCUT2D eigenvalue weighted by Gasteiger charge is -2.28. The minimum absolute atomic E-state index is 0.0595. The van der Waals surface area contributed by atoms with Gasteiger partial charge in [0, 0.05) is 11.1 Å². The van der Waals surface area contributed by atoms with Gasteiger partial charge >= 0.3 is 0 Å². The fourth-order valence-electron chi connectivity index (χ4n) is 4.49. The number of nitrogens with one attached hydrogen (secondary N) is 1. The van der Waals surface area contributed by atoms with Crippen LogP contribution in [0.5, 0.6) is 11.5 Å². The van der Waals surface area contributed by atoms with Crippen molar-refractivity contribution in [2.24, 2.45) is 0 Å². The van der Waals surface area contributed by atoms with E-state index in [1.807, 2.05) is 38.1 Å². The highest BCUT2D eigenvalue weighted by atomic mass is 16.5. The van der Waals surface area contributed by atoms with Gasteiger partial charge in [0.25, 0.3) is 11.5 Å². The zero-order chi connectivity index (χ0) is 24.6. The van der Waals surface area contributed by atoms with Crippen LogP contribution in [0, 0.1) is 13.8 Å². The summed E-state index contributed by atoms with van der Waals surface area (Å²) in [7, 11) is 1.60. The van der Waals surface area contributed by atoms with E-state index in [1.54, 1.807) is 32.2 Å². The molecule has 1 amide bonds. The molecule has 1 aromatic heterocycles. The molecule has 7 nitrogen and oxygen atoms in total.